The second kappa shape index (κ2) is 5.72. The molecule has 132 valence electrons. The molecule has 7 nitrogen and oxygen atoms in total. The predicted molar refractivity (Wildman–Crippen MR) is 103 cm³/mol. The number of nitrogens with two attached hydrogens (primary N) is 1. The van der Waals surface area contributed by atoms with Gasteiger partial charge in [0.1, 0.15) is 5.03 Å². The molecule has 8 heteroatoms. The lowest BCUT2D eigenvalue weighted by Gasteiger charge is -2.20. The maximum Gasteiger partial charge on any atom is 0.255 e. The highest BCUT2D eigenvalue weighted by atomic mass is 32.2. The van der Waals surface area contributed by atoms with Gasteiger partial charge >= 0.3 is 0 Å². The van der Waals surface area contributed by atoms with Crippen LogP contribution in [0.3, 0.4) is 0 Å². The molecule has 5 rings (SSSR count). The lowest BCUT2D eigenvalue weighted by Crippen LogP contribution is -2.37. The number of fused-ring (bicyclic) bond motifs is 1. The van der Waals surface area contributed by atoms with E-state index in [1.165, 1.54) is 0 Å². The quantitative estimate of drug-likeness (QED) is 0.670. The predicted octanol–water partition coefficient (Wildman–Crippen LogP) is 1.97. The second-order valence-electron chi connectivity index (χ2n) is 6.62. The Labute approximate surface area is 154 Å². The van der Waals surface area contributed by atoms with Crippen molar-refractivity contribution in [2.24, 2.45) is 7.05 Å². The van der Waals surface area contributed by atoms with Gasteiger partial charge in [0.25, 0.3) is 5.56 Å². The highest BCUT2D eigenvalue weighted by molar-refractivity contribution is 7.99. The van der Waals surface area contributed by atoms with Crippen LogP contribution in [0.25, 0.3) is 10.9 Å². The van der Waals surface area contributed by atoms with Gasteiger partial charge in [-0.15, -0.1) is 11.8 Å². The first-order valence-electron chi connectivity index (χ1n) is 8.53. The average Bonchev–Trinajstić information content (AvgIpc) is 2.98. The molecule has 0 bridgehead atoms. The molecular formula is C18H18N6OS. The summed E-state index contributed by atoms with van der Waals surface area (Å²) in [6, 6.07) is 10.1. The van der Waals surface area contributed by atoms with Crippen molar-refractivity contribution in [1.82, 2.24) is 20.0 Å². The summed E-state index contributed by atoms with van der Waals surface area (Å²) in [5.41, 5.74) is 12.1. The van der Waals surface area contributed by atoms with Crippen molar-refractivity contribution in [1.29, 1.82) is 0 Å². The lowest BCUT2D eigenvalue weighted by molar-refractivity contribution is 0.521. The molecule has 0 spiro atoms. The summed E-state index contributed by atoms with van der Waals surface area (Å²) in [5.74, 6) is 2.05. The topological polar surface area (TPSA) is 89.1 Å². The molecule has 26 heavy (non-hydrogen) atoms. The third-order valence-corrected chi connectivity index (χ3v) is 6.03. The summed E-state index contributed by atoms with van der Waals surface area (Å²) in [6.07, 6.45) is 1.00. The summed E-state index contributed by atoms with van der Waals surface area (Å²) < 4.78 is 1.70. The maximum atomic E-state index is 12.8. The van der Waals surface area contributed by atoms with Crippen molar-refractivity contribution in [3.8, 4) is 0 Å². The van der Waals surface area contributed by atoms with Gasteiger partial charge in [-0.25, -0.2) is 10.4 Å². The molecule has 3 N–H and O–H groups in total. The van der Waals surface area contributed by atoms with Crippen LogP contribution in [-0.2, 0) is 13.6 Å². The Morgan fingerprint density at radius 1 is 1.35 bits per heavy atom. The second-order valence-corrected chi connectivity index (χ2v) is 7.71. The molecule has 2 aromatic heterocycles. The number of hydrogen-bond donors (Lipinski definition) is 2. The molecule has 1 atom stereocenters. The Balaban J connectivity index is 1.59. The summed E-state index contributed by atoms with van der Waals surface area (Å²) in [5, 5.41) is 3.94. The van der Waals surface area contributed by atoms with E-state index in [1.54, 1.807) is 16.3 Å². The molecule has 2 aliphatic heterocycles. The van der Waals surface area contributed by atoms with Crippen LogP contribution >= 0.6 is 11.8 Å². The van der Waals surface area contributed by atoms with Crippen LogP contribution in [-0.4, -0.2) is 20.3 Å². The number of hydrogen-bond acceptors (Lipinski definition) is 7. The van der Waals surface area contributed by atoms with Gasteiger partial charge < -0.3 is 10.3 Å². The van der Waals surface area contributed by atoms with Crippen LogP contribution < -0.4 is 21.7 Å². The maximum absolute atomic E-state index is 12.8. The van der Waals surface area contributed by atoms with Crippen molar-refractivity contribution in [2.75, 3.05) is 16.5 Å². The largest absolute Gasteiger partial charge is 0.368 e. The van der Waals surface area contributed by atoms with Crippen molar-refractivity contribution >= 4 is 34.4 Å². The Bertz CT molecular complexity index is 1090. The Morgan fingerprint density at radius 3 is 3.08 bits per heavy atom. The van der Waals surface area contributed by atoms with Gasteiger partial charge in [-0.1, -0.05) is 18.2 Å². The van der Waals surface area contributed by atoms with Crippen LogP contribution in [0, 0.1) is 0 Å². The summed E-state index contributed by atoms with van der Waals surface area (Å²) in [4.78, 5) is 21.6. The third kappa shape index (κ3) is 2.29. The molecular weight excluding hydrogens is 348 g/mol. The van der Waals surface area contributed by atoms with Crippen molar-refractivity contribution in [2.45, 2.75) is 24.0 Å². The monoisotopic (exact) mass is 366 g/mol. The van der Waals surface area contributed by atoms with Gasteiger partial charge in [0.15, 0.2) is 5.82 Å². The fourth-order valence-corrected chi connectivity index (χ4v) is 4.86. The van der Waals surface area contributed by atoms with E-state index in [0.29, 0.717) is 6.54 Å². The molecule has 3 aromatic rings. The van der Waals surface area contributed by atoms with Gasteiger partial charge in [-0.3, -0.25) is 9.80 Å². The van der Waals surface area contributed by atoms with Gasteiger partial charge in [0.2, 0.25) is 5.95 Å². The van der Waals surface area contributed by atoms with Crippen LogP contribution in [0.4, 0.5) is 11.8 Å². The number of benzene rings is 1. The average molecular weight is 366 g/mol. The minimum absolute atomic E-state index is 0.00185. The Morgan fingerprint density at radius 2 is 2.19 bits per heavy atom. The lowest BCUT2D eigenvalue weighted by atomic mass is 10.1. The number of thioether (sulfide) groups is 1. The molecule has 2 aliphatic rings. The number of nitrogens with zero attached hydrogens (tertiary/aromatic N) is 4. The number of pyridine rings is 1. The molecule has 0 aliphatic carbocycles. The fourth-order valence-electron chi connectivity index (χ4n) is 3.76. The van der Waals surface area contributed by atoms with Gasteiger partial charge in [-0.05, 0) is 23.9 Å². The Hall–Kier alpha value is -2.58. The number of para-hydroxylation sites is 1. The van der Waals surface area contributed by atoms with Crippen LogP contribution in [0.2, 0.25) is 0 Å². The van der Waals surface area contributed by atoms with Gasteiger partial charge in [0, 0.05) is 23.9 Å². The van der Waals surface area contributed by atoms with E-state index in [9.17, 15) is 4.79 Å². The first kappa shape index (κ1) is 15.7. The SMILES string of the molecule is Cn1c(=O)c(CN2NC3CCSc4nc(N)nc2c43)cc2ccccc21. The van der Waals surface area contributed by atoms with E-state index in [2.05, 4.69) is 15.4 Å². The normalized spacial score (nSPS) is 18.3. The number of aromatic nitrogens is 3. The molecule has 0 saturated carbocycles. The van der Waals surface area contributed by atoms with Gasteiger partial charge in [0.05, 0.1) is 18.1 Å². The zero-order valence-corrected chi connectivity index (χ0v) is 15.1. The smallest absolute Gasteiger partial charge is 0.255 e. The number of hydrazine groups is 1. The molecule has 0 amide bonds. The Kier molecular flexibility index (Phi) is 3.44. The van der Waals surface area contributed by atoms with Crippen molar-refractivity contribution in [3.63, 3.8) is 0 Å². The van der Waals surface area contributed by atoms with Crippen LogP contribution in [0.1, 0.15) is 23.6 Å². The number of nitrogens with one attached hydrogen (secondary N) is 1. The first-order valence-corrected chi connectivity index (χ1v) is 9.52. The molecule has 1 aromatic carbocycles. The summed E-state index contributed by atoms with van der Waals surface area (Å²) >= 11 is 1.71. The molecule has 1 unspecified atom stereocenters. The standard InChI is InChI=1S/C18H18N6OS/c1-23-13-5-3-2-4-10(13)8-11(17(23)25)9-24-15-14-12(22-24)6-7-26-16(14)21-18(19)20-15/h2-5,8,12,22H,6-7,9H2,1H3,(H2,19,20,21). The summed E-state index contributed by atoms with van der Waals surface area (Å²) in [6.45, 7) is 0.432. The highest BCUT2D eigenvalue weighted by Gasteiger charge is 2.36. The molecule has 0 radical (unpaired) electrons. The zero-order chi connectivity index (χ0) is 17.8. The number of anilines is 2. The molecule has 4 heterocycles. The van der Waals surface area contributed by atoms with Gasteiger partial charge in [-0.2, -0.15) is 4.98 Å². The van der Waals surface area contributed by atoms with Crippen molar-refractivity contribution < 1.29 is 0 Å². The van der Waals surface area contributed by atoms with E-state index in [-0.39, 0.29) is 17.5 Å². The minimum atomic E-state index is 0.00185. The number of rotatable bonds is 2. The summed E-state index contributed by atoms with van der Waals surface area (Å²) in [7, 11) is 1.81. The van der Waals surface area contributed by atoms with Crippen LogP contribution in [0.15, 0.2) is 40.2 Å². The van der Waals surface area contributed by atoms with E-state index in [0.717, 1.165) is 45.0 Å². The molecule has 0 fully saturated rings. The zero-order valence-electron chi connectivity index (χ0n) is 14.3. The number of aryl methyl sites for hydroxylation is 1. The third-order valence-electron chi connectivity index (χ3n) is 5.00. The van der Waals surface area contributed by atoms with Crippen molar-refractivity contribution in [3.05, 3.63) is 51.8 Å². The number of nitrogen functional groups attached to an aromatic ring is 1. The first-order chi connectivity index (χ1) is 12.6. The minimum Gasteiger partial charge on any atom is -0.368 e. The van der Waals surface area contributed by atoms with E-state index in [1.807, 2.05) is 42.4 Å². The van der Waals surface area contributed by atoms with E-state index < -0.39 is 0 Å². The van der Waals surface area contributed by atoms with E-state index >= 15 is 0 Å². The van der Waals surface area contributed by atoms with E-state index in [4.69, 9.17) is 5.73 Å². The van der Waals surface area contributed by atoms with Crippen LogP contribution in [0.5, 0.6) is 0 Å². The highest BCUT2D eigenvalue weighted by Crippen LogP contribution is 2.44. The molecule has 0 saturated heterocycles. The fraction of sp³-hybridized carbons (Fsp3) is 0.278.